The van der Waals surface area contributed by atoms with Gasteiger partial charge in [-0.25, -0.2) is 15.0 Å². The van der Waals surface area contributed by atoms with E-state index in [0.717, 1.165) is 22.1 Å². The Morgan fingerprint density at radius 1 is 0.333 bits per heavy atom. The monoisotopic (exact) mass is 647 g/mol. The van der Waals surface area contributed by atoms with Crippen LogP contribution in [0.1, 0.15) is 0 Å². The van der Waals surface area contributed by atoms with E-state index in [1.165, 1.54) is 56.9 Å². The maximum atomic E-state index is 5.11. The van der Waals surface area contributed by atoms with Crippen molar-refractivity contribution in [3.8, 4) is 45.3 Å². The van der Waals surface area contributed by atoms with Gasteiger partial charge in [-0.2, -0.15) is 0 Å². The van der Waals surface area contributed by atoms with E-state index in [1.54, 1.807) is 0 Å². The molecule has 0 N–H and O–H groups in total. The first kappa shape index (κ1) is 27.4. The molecule has 3 heterocycles. The number of thiophene rings is 2. The van der Waals surface area contributed by atoms with E-state index >= 15 is 0 Å². The van der Waals surface area contributed by atoms with Crippen LogP contribution in [0.25, 0.3) is 96.4 Å². The Bertz CT molecular complexity index is 2780. The van der Waals surface area contributed by atoms with Gasteiger partial charge in [0.2, 0.25) is 0 Å². The first-order valence-corrected chi connectivity index (χ1v) is 17.6. The minimum atomic E-state index is 0.665. The van der Waals surface area contributed by atoms with Gasteiger partial charge >= 0.3 is 0 Å². The van der Waals surface area contributed by atoms with E-state index in [0.29, 0.717) is 17.5 Å². The fraction of sp³-hybridized carbons (Fsp3) is 0. The lowest BCUT2D eigenvalue weighted by Crippen LogP contribution is -2.00. The summed E-state index contributed by atoms with van der Waals surface area (Å²) in [7, 11) is 0. The number of rotatable bonds is 4. The Morgan fingerprint density at radius 3 is 1.52 bits per heavy atom. The van der Waals surface area contributed by atoms with Gasteiger partial charge in [0.25, 0.3) is 0 Å². The lowest BCUT2D eigenvalue weighted by molar-refractivity contribution is 1.08. The SMILES string of the molecule is c1ccc(-c2nc(-c3ccccc3)nc(-c3cc4sc5c(-c6cccc7c6sc6ccccc67)cccc5c4c4ccccc34)n2)cc1. The molecule has 0 spiro atoms. The Morgan fingerprint density at radius 2 is 0.833 bits per heavy atom. The molecule has 3 nitrogen and oxygen atoms in total. The normalized spacial score (nSPS) is 11.8. The second kappa shape index (κ2) is 10.9. The number of hydrogen-bond acceptors (Lipinski definition) is 5. The molecule has 7 aromatic carbocycles. The molecule has 48 heavy (non-hydrogen) atoms. The molecule has 0 aliphatic carbocycles. The van der Waals surface area contributed by atoms with Crippen LogP contribution in [-0.4, -0.2) is 15.0 Å². The molecule has 224 valence electrons. The highest BCUT2D eigenvalue weighted by molar-refractivity contribution is 7.27. The number of hydrogen-bond donors (Lipinski definition) is 0. The molecule has 0 bridgehead atoms. The van der Waals surface area contributed by atoms with Crippen LogP contribution in [-0.2, 0) is 0 Å². The third-order valence-corrected chi connectivity index (χ3v) is 11.5. The third kappa shape index (κ3) is 4.29. The Kier molecular flexibility index (Phi) is 6.22. The summed E-state index contributed by atoms with van der Waals surface area (Å²) in [6, 6.07) is 53.6. The third-order valence-electron chi connectivity index (χ3n) is 9.14. The molecule has 0 aliphatic rings. The summed E-state index contributed by atoms with van der Waals surface area (Å²) < 4.78 is 5.17. The number of benzene rings is 7. The quantitative estimate of drug-likeness (QED) is 0.191. The smallest absolute Gasteiger partial charge is 0.164 e. The fourth-order valence-corrected chi connectivity index (χ4v) is 9.46. The minimum absolute atomic E-state index is 0.665. The second-order valence-electron chi connectivity index (χ2n) is 11.9. The van der Waals surface area contributed by atoms with Crippen LogP contribution >= 0.6 is 22.7 Å². The number of nitrogens with zero attached hydrogens (tertiary/aromatic N) is 3. The molecule has 5 heteroatoms. The molecule has 0 amide bonds. The zero-order chi connectivity index (χ0) is 31.6. The van der Waals surface area contributed by atoms with Crippen molar-refractivity contribution in [3.05, 3.63) is 152 Å². The number of fused-ring (bicyclic) bond motifs is 8. The van der Waals surface area contributed by atoms with Gasteiger partial charge in [0.15, 0.2) is 17.5 Å². The molecule has 0 saturated heterocycles. The molecular weight excluding hydrogens is 623 g/mol. The van der Waals surface area contributed by atoms with Crippen LogP contribution in [0, 0.1) is 0 Å². The molecule has 10 rings (SSSR count). The first-order chi connectivity index (χ1) is 23.8. The first-order valence-electron chi connectivity index (χ1n) is 15.9. The van der Waals surface area contributed by atoms with Crippen LogP contribution in [0.15, 0.2) is 152 Å². The fourth-order valence-electron chi connectivity index (χ4n) is 6.95. The summed E-state index contributed by atoms with van der Waals surface area (Å²) in [5, 5.41) is 7.53. The Balaban J connectivity index is 1.25. The average Bonchev–Trinajstić information content (AvgIpc) is 3.74. The van der Waals surface area contributed by atoms with Crippen LogP contribution in [0.5, 0.6) is 0 Å². The lowest BCUT2D eigenvalue weighted by atomic mass is 9.96. The van der Waals surface area contributed by atoms with E-state index in [9.17, 15) is 0 Å². The van der Waals surface area contributed by atoms with Gasteiger partial charge in [0, 0.05) is 68.2 Å². The molecule has 0 atom stereocenters. The van der Waals surface area contributed by atoms with Gasteiger partial charge in [-0.1, -0.05) is 140 Å². The standard InChI is InChI=1S/C43H25N3S2/c1-3-13-26(14-4-1)41-44-42(27-15-5-2-6-16-27)46-43(45-41)35-25-37-38(30-19-8-7-17-28(30)35)34-23-12-22-33(40(34)48-37)32-21-11-20-31-29-18-9-10-24-36(29)47-39(31)32/h1-25H. The maximum absolute atomic E-state index is 5.11. The zero-order valence-corrected chi connectivity index (χ0v) is 27.2. The lowest BCUT2D eigenvalue weighted by Gasteiger charge is -2.11. The van der Waals surface area contributed by atoms with E-state index in [1.807, 2.05) is 59.1 Å². The van der Waals surface area contributed by atoms with Crippen LogP contribution < -0.4 is 0 Å². The van der Waals surface area contributed by atoms with Crippen LogP contribution in [0.2, 0.25) is 0 Å². The molecule has 0 radical (unpaired) electrons. The second-order valence-corrected chi connectivity index (χ2v) is 14.1. The highest BCUT2D eigenvalue weighted by Gasteiger charge is 2.20. The van der Waals surface area contributed by atoms with Crippen molar-refractivity contribution >= 4 is 73.8 Å². The van der Waals surface area contributed by atoms with Gasteiger partial charge in [-0.05, 0) is 22.9 Å². The van der Waals surface area contributed by atoms with Crippen LogP contribution in [0.3, 0.4) is 0 Å². The predicted octanol–water partition coefficient (Wildman–Crippen LogP) is 12.4. The van der Waals surface area contributed by atoms with Gasteiger partial charge < -0.3 is 0 Å². The summed E-state index contributed by atoms with van der Waals surface area (Å²) in [6.07, 6.45) is 0. The van der Waals surface area contributed by atoms with Crippen molar-refractivity contribution < 1.29 is 0 Å². The Labute approximate surface area is 284 Å². The highest BCUT2D eigenvalue weighted by Crippen LogP contribution is 2.48. The van der Waals surface area contributed by atoms with E-state index in [4.69, 9.17) is 15.0 Å². The summed E-state index contributed by atoms with van der Waals surface area (Å²) in [5.74, 6) is 2.01. The molecular formula is C43H25N3S2. The van der Waals surface area contributed by atoms with E-state index in [-0.39, 0.29) is 0 Å². The molecule has 10 aromatic rings. The highest BCUT2D eigenvalue weighted by atomic mass is 32.1. The van der Waals surface area contributed by atoms with Crippen molar-refractivity contribution in [3.63, 3.8) is 0 Å². The summed E-state index contributed by atoms with van der Waals surface area (Å²) in [5.41, 5.74) is 5.49. The van der Waals surface area contributed by atoms with E-state index in [2.05, 4.69) is 115 Å². The number of aromatic nitrogens is 3. The minimum Gasteiger partial charge on any atom is -0.208 e. The largest absolute Gasteiger partial charge is 0.208 e. The zero-order valence-electron chi connectivity index (χ0n) is 25.6. The molecule has 3 aromatic heterocycles. The van der Waals surface area contributed by atoms with Crippen LogP contribution in [0.4, 0.5) is 0 Å². The molecule has 0 unspecified atom stereocenters. The summed E-state index contributed by atoms with van der Waals surface area (Å²) in [6.45, 7) is 0. The maximum Gasteiger partial charge on any atom is 0.164 e. The Hall–Kier alpha value is -5.75. The van der Waals surface area contributed by atoms with Gasteiger partial charge in [0.1, 0.15) is 0 Å². The van der Waals surface area contributed by atoms with Gasteiger partial charge in [-0.3, -0.25) is 0 Å². The predicted molar refractivity (Wildman–Crippen MR) is 205 cm³/mol. The van der Waals surface area contributed by atoms with Crippen molar-refractivity contribution in [1.29, 1.82) is 0 Å². The van der Waals surface area contributed by atoms with Crippen molar-refractivity contribution in [2.45, 2.75) is 0 Å². The summed E-state index contributed by atoms with van der Waals surface area (Å²) >= 11 is 3.74. The molecule has 0 aliphatic heterocycles. The molecule has 0 fully saturated rings. The van der Waals surface area contributed by atoms with Gasteiger partial charge in [-0.15, -0.1) is 22.7 Å². The van der Waals surface area contributed by atoms with Gasteiger partial charge in [0.05, 0.1) is 0 Å². The van der Waals surface area contributed by atoms with Crippen molar-refractivity contribution in [2.24, 2.45) is 0 Å². The van der Waals surface area contributed by atoms with E-state index < -0.39 is 0 Å². The van der Waals surface area contributed by atoms with Crippen molar-refractivity contribution in [2.75, 3.05) is 0 Å². The average molecular weight is 648 g/mol. The topological polar surface area (TPSA) is 38.7 Å². The summed E-state index contributed by atoms with van der Waals surface area (Å²) in [4.78, 5) is 15.2. The molecule has 0 saturated carbocycles. The van der Waals surface area contributed by atoms with Crippen molar-refractivity contribution in [1.82, 2.24) is 15.0 Å².